The van der Waals surface area contributed by atoms with Gasteiger partial charge in [-0.3, -0.25) is 0 Å². The first-order valence-electron chi connectivity index (χ1n) is 6.49. The van der Waals surface area contributed by atoms with E-state index in [-0.39, 0.29) is 12.1 Å². The lowest BCUT2D eigenvalue weighted by atomic mass is 10.1. The van der Waals surface area contributed by atoms with Gasteiger partial charge in [0, 0.05) is 24.8 Å². The highest BCUT2D eigenvalue weighted by Crippen LogP contribution is 2.41. The zero-order valence-electron chi connectivity index (χ0n) is 12.0. The molecule has 2 rings (SSSR count). The van der Waals surface area contributed by atoms with E-state index >= 15 is 0 Å². The van der Waals surface area contributed by atoms with Crippen molar-refractivity contribution >= 4 is 0 Å². The Labute approximate surface area is 118 Å². The van der Waals surface area contributed by atoms with Crippen LogP contribution in [-0.2, 0) is 4.74 Å². The summed E-state index contributed by atoms with van der Waals surface area (Å²) in [5, 5.41) is 0. The molecule has 2 N–H and O–H groups in total. The highest BCUT2D eigenvalue weighted by atomic mass is 16.5. The van der Waals surface area contributed by atoms with Crippen molar-refractivity contribution in [3.05, 3.63) is 12.1 Å². The number of methoxy groups -OCH3 is 3. The molecule has 1 saturated heterocycles. The SMILES string of the molecule is COc1cc(OC2COCCC2N)cc(OC)c1OC. The van der Waals surface area contributed by atoms with Crippen LogP contribution in [0.1, 0.15) is 6.42 Å². The van der Waals surface area contributed by atoms with Gasteiger partial charge in [-0.25, -0.2) is 0 Å². The zero-order valence-corrected chi connectivity index (χ0v) is 12.0. The molecule has 1 fully saturated rings. The molecule has 0 radical (unpaired) electrons. The minimum Gasteiger partial charge on any atom is -0.493 e. The smallest absolute Gasteiger partial charge is 0.203 e. The van der Waals surface area contributed by atoms with Crippen molar-refractivity contribution in [1.82, 2.24) is 0 Å². The van der Waals surface area contributed by atoms with Crippen molar-refractivity contribution in [2.24, 2.45) is 5.73 Å². The molecule has 1 aliphatic heterocycles. The molecular weight excluding hydrogens is 262 g/mol. The van der Waals surface area contributed by atoms with Gasteiger partial charge in [-0.2, -0.15) is 0 Å². The van der Waals surface area contributed by atoms with Crippen LogP contribution in [0, 0.1) is 0 Å². The third-order valence-corrected chi connectivity index (χ3v) is 3.28. The van der Waals surface area contributed by atoms with Gasteiger partial charge in [0.05, 0.1) is 27.9 Å². The van der Waals surface area contributed by atoms with E-state index in [2.05, 4.69) is 0 Å². The maximum absolute atomic E-state index is 6.03. The van der Waals surface area contributed by atoms with E-state index in [1.807, 2.05) is 0 Å². The van der Waals surface area contributed by atoms with Gasteiger partial charge >= 0.3 is 0 Å². The maximum Gasteiger partial charge on any atom is 0.203 e. The molecule has 1 aromatic carbocycles. The molecule has 0 aliphatic carbocycles. The molecule has 1 heterocycles. The second kappa shape index (κ2) is 6.67. The minimum absolute atomic E-state index is 0.0390. The molecule has 112 valence electrons. The summed E-state index contributed by atoms with van der Waals surface area (Å²) in [5.74, 6) is 2.25. The number of nitrogens with two attached hydrogens (primary N) is 1. The summed E-state index contributed by atoms with van der Waals surface area (Å²) in [6.45, 7) is 1.16. The number of hydrogen-bond donors (Lipinski definition) is 1. The Morgan fingerprint density at radius 1 is 1.10 bits per heavy atom. The third-order valence-electron chi connectivity index (χ3n) is 3.28. The molecule has 0 amide bonds. The number of ether oxygens (including phenoxy) is 5. The topological polar surface area (TPSA) is 72.2 Å². The third kappa shape index (κ3) is 3.08. The van der Waals surface area contributed by atoms with Crippen LogP contribution in [0.2, 0.25) is 0 Å². The van der Waals surface area contributed by atoms with Gasteiger partial charge in [0.15, 0.2) is 11.5 Å². The Kier molecular flexibility index (Phi) is 4.92. The van der Waals surface area contributed by atoms with E-state index < -0.39 is 0 Å². The summed E-state index contributed by atoms with van der Waals surface area (Å²) in [4.78, 5) is 0. The van der Waals surface area contributed by atoms with E-state index in [9.17, 15) is 0 Å². The van der Waals surface area contributed by atoms with Crippen molar-refractivity contribution in [3.8, 4) is 23.0 Å². The molecule has 0 spiro atoms. The van der Waals surface area contributed by atoms with Crippen molar-refractivity contribution in [2.45, 2.75) is 18.6 Å². The maximum atomic E-state index is 6.03. The van der Waals surface area contributed by atoms with E-state index in [4.69, 9.17) is 29.4 Å². The number of rotatable bonds is 5. The quantitative estimate of drug-likeness (QED) is 0.875. The normalized spacial score (nSPS) is 22.2. The van der Waals surface area contributed by atoms with E-state index in [1.165, 1.54) is 0 Å². The van der Waals surface area contributed by atoms with Crippen LogP contribution in [0.4, 0.5) is 0 Å². The average Bonchev–Trinajstić information content (AvgIpc) is 2.48. The van der Waals surface area contributed by atoms with Gasteiger partial charge < -0.3 is 29.4 Å². The second-order valence-electron chi connectivity index (χ2n) is 4.54. The van der Waals surface area contributed by atoms with Crippen LogP contribution < -0.4 is 24.7 Å². The highest BCUT2D eigenvalue weighted by molar-refractivity contribution is 5.55. The van der Waals surface area contributed by atoms with Crippen molar-refractivity contribution in [3.63, 3.8) is 0 Å². The molecule has 6 nitrogen and oxygen atoms in total. The van der Waals surface area contributed by atoms with Gasteiger partial charge in [0.25, 0.3) is 0 Å². The molecular formula is C14H21NO5. The van der Waals surface area contributed by atoms with Crippen LogP contribution in [-0.4, -0.2) is 46.7 Å². The van der Waals surface area contributed by atoms with Crippen LogP contribution in [0.15, 0.2) is 12.1 Å². The van der Waals surface area contributed by atoms with Crippen LogP contribution in [0.3, 0.4) is 0 Å². The number of benzene rings is 1. The van der Waals surface area contributed by atoms with E-state index in [0.29, 0.717) is 36.2 Å². The molecule has 0 saturated carbocycles. The molecule has 2 unspecified atom stereocenters. The van der Waals surface area contributed by atoms with Gasteiger partial charge in [0.2, 0.25) is 5.75 Å². The van der Waals surface area contributed by atoms with Gasteiger partial charge in [-0.15, -0.1) is 0 Å². The zero-order chi connectivity index (χ0) is 14.5. The summed E-state index contributed by atoms with van der Waals surface area (Å²) in [7, 11) is 4.69. The van der Waals surface area contributed by atoms with Gasteiger partial charge in [-0.1, -0.05) is 0 Å². The van der Waals surface area contributed by atoms with Crippen LogP contribution in [0.25, 0.3) is 0 Å². The monoisotopic (exact) mass is 283 g/mol. The minimum atomic E-state index is -0.174. The first-order chi connectivity index (χ1) is 9.69. The molecule has 6 heteroatoms. The Hall–Kier alpha value is -1.66. The fourth-order valence-corrected chi connectivity index (χ4v) is 2.15. The van der Waals surface area contributed by atoms with Gasteiger partial charge in [0.1, 0.15) is 11.9 Å². The molecule has 1 aromatic rings. The fourth-order valence-electron chi connectivity index (χ4n) is 2.15. The predicted molar refractivity (Wildman–Crippen MR) is 73.9 cm³/mol. The lowest BCUT2D eigenvalue weighted by molar-refractivity contribution is -0.00548. The summed E-state index contributed by atoms with van der Waals surface area (Å²) in [6, 6.07) is 3.47. The summed E-state index contributed by atoms with van der Waals surface area (Å²) >= 11 is 0. The first kappa shape index (κ1) is 14.7. The molecule has 0 aromatic heterocycles. The van der Waals surface area contributed by atoms with Crippen molar-refractivity contribution in [2.75, 3.05) is 34.5 Å². The standard InChI is InChI=1S/C14H21NO5/c1-16-11-6-9(7-12(17-2)14(11)18-3)20-13-8-19-5-4-10(13)15/h6-7,10,13H,4-5,8,15H2,1-3H3. The summed E-state index contributed by atoms with van der Waals surface area (Å²) in [5.41, 5.74) is 6.03. The van der Waals surface area contributed by atoms with Gasteiger partial charge in [-0.05, 0) is 6.42 Å². The fraction of sp³-hybridized carbons (Fsp3) is 0.571. The molecule has 20 heavy (non-hydrogen) atoms. The van der Waals surface area contributed by atoms with E-state index in [0.717, 1.165) is 6.42 Å². The lowest BCUT2D eigenvalue weighted by Gasteiger charge is -2.29. The Balaban J connectivity index is 2.23. The first-order valence-corrected chi connectivity index (χ1v) is 6.49. The Morgan fingerprint density at radius 2 is 1.75 bits per heavy atom. The molecule has 0 bridgehead atoms. The number of hydrogen-bond acceptors (Lipinski definition) is 6. The van der Waals surface area contributed by atoms with Crippen LogP contribution in [0.5, 0.6) is 23.0 Å². The largest absolute Gasteiger partial charge is 0.493 e. The summed E-state index contributed by atoms with van der Waals surface area (Å²) in [6.07, 6.45) is 0.612. The predicted octanol–water partition coefficient (Wildman–Crippen LogP) is 1.21. The highest BCUT2D eigenvalue weighted by Gasteiger charge is 2.25. The van der Waals surface area contributed by atoms with Crippen molar-refractivity contribution in [1.29, 1.82) is 0 Å². The average molecular weight is 283 g/mol. The van der Waals surface area contributed by atoms with Crippen LogP contribution >= 0.6 is 0 Å². The molecule has 2 atom stereocenters. The second-order valence-corrected chi connectivity index (χ2v) is 4.54. The molecule has 1 aliphatic rings. The lowest BCUT2D eigenvalue weighted by Crippen LogP contribution is -2.46. The van der Waals surface area contributed by atoms with Crippen molar-refractivity contribution < 1.29 is 23.7 Å². The summed E-state index contributed by atoms with van der Waals surface area (Å²) < 4.78 is 27.1. The Morgan fingerprint density at radius 3 is 2.25 bits per heavy atom. The Bertz CT molecular complexity index is 426. The van der Waals surface area contributed by atoms with E-state index in [1.54, 1.807) is 33.5 Å².